The van der Waals surface area contributed by atoms with Gasteiger partial charge in [0.2, 0.25) is 5.91 Å². The van der Waals surface area contributed by atoms with Crippen molar-refractivity contribution in [3.8, 4) is 0 Å². The number of hydrogen-bond acceptors (Lipinski definition) is 4. The molecule has 0 aliphatic carbocycles. The molecule has 0 unspecified atom stereocenters. The average molecular weight is 285 g/mol. The van der Waals surface area contributed by atoms with Crippen LogP contribution in [0.25, 0.3) is 0 Å². The third kappa shape index (κ3) is 3.11. The molecule has 0 saturated carbocycles. The number of benzene rings is 1. The molecule has 6 heteroatoms. The lowest BCUT2D eigenvalue weighted by Gasteiger charge is -2.28. The van der Waals surface area contributed by atoms with Crippen molar-refractivity contribution in [3.63, 3.8) is 0 Å². The fraction of sp³-hybridized carbons (Fsp3) is 0.400. The molecule has 1 amide bonds. The molecule has 3 rings (SSSR count). The van der Waals surface area contributed by atoms with Crippen molar-refractivity contribution in [1.29, 1.82) is 0 Å². The highest BCUT2D eigenvalue weighted by molar-refractivity contribution is 5.76. The lowest BCUT2D eigenvalue weighted by atomic mass is 10.00. The predicted octanol–water partition coefficient (Wildman–Crippen LogP) is 0.582. The van der Waals surface area contributed by atoms with Gasteiger partial charge in [0.25, 0.3) is 0 Å². The first kappa shape index (κ1) is 13.8. The lowest BCUT2D eigenvalue weighted by molar-refractivity contribution is -0.133. The van der Waals surface area contributed by atoms with Gasteiger partial charge in [0.1, 0.15) is 6.54 Å². The fourth-order valence-electron chi connectivity index (χ4n) is 2.63. The Morgan fingerprint density at radius 3 is 2.95 bits per heavy atom. The minimum absolute atomic E-state index is 0.0883. The maximum absolute atomic E-state index is 12.4. The number of amides is 1. The summed E-state index contributed by atoms with van der Waals surface area (Å²) in [5.41, 5.74) is 3.43. The molecule has 2 heterocycles. The topological polar surface area (TPSA) is 63.1 Å². The maximum atomic E-state index is 12.4. The largest absolute Gasteiger partial charge is 0.336 e. The van der Waals surface area contributed by atoms with Gasteiger partial charge in [-0.2, -0.15) is 0 Å². The Morgan fingerprint density at radius 1 is 1.33 bits per heavy atom. The van der Waals surface area contributed by atoms with Crippen LogP contribution in [0.15, 0.2) is 30.5 Å². The van der Waals surface area contributed by atoms with Crippen molar-refractivity contribution < 1.29 is 4.79 Å². The molecule has 1 aromatic heterocycles. The van der Waals surface area contributed by atoms with Crippen LogP contribution in [0, 0.1) is 0 Å². The molecule has 0 spiro atoms. The molecule has 110 valence electrons. The molecule has 21 heavy (non-hydrogen) atoms. The number of fused-ring (bicyclic) bond motifs is 1. The first-order valence-corrected chi connectivity index (χ1v) is 7.14. The van der Waals surface area contributed by atoms with Gasteiger partial charge < -0.3 is 10.2 Å². The molecule has 0 bridgehead atoms. The fourth-order valence-corrected chi connectivity index (χ4v) is 2.63. The first-order chi connectivity index (χ1) is 10.3. The van der Waals surface area contributed by atoms with Gasteiger partial charge in [-0.1, -0.05) is 29.5 Å². The minimum Gasteiger partial charge on any atom is -0.336 e. The van der Waals surface area contributed by atoms with Crippen LogP contribution in [0.1, 0.15) is 16.8 Å². The number of carbonyl (C=O) groups excluding carboxylic acids is 1. The Hall–Kier alpha value is -2.21. The normalized spacial score (nSPS) is 14.0. The van der Waals surface area contributed by atoms with Gasteiger partial charge in [0.15, 0.2) is 0 Å². The predicted molar refractivity (Wildman–Crippen MR) is 78.3 cm³/mol. The zero-order chi connectivity index (χ0) is 14.7. The summed E-state index contributed by atoms with van der Waals surface area (Å²) in [6.45, 7) is 2.37. The second-order valence-electron chi connectivity index (χ2n) is 5.27. The Morgan fingerprint density at radius 2 is 2.14 bits per heavy atom. The number of aromatic nitrogens is 3. The summed E-state index contributed by atoms with van der Waals surface area (Å²) in [6.07, 6.45) is 2.73. The zero-order valence-electron chi connectivity index (χ0n) is 12.1. The zero-order valence-corrected chi connectivity index (χ0v) is 12.1. The van der Waals surface area contributed by atoms with Gasteiger partial charge in [0, 0.05) is 19.6 Å². The molecule has 1 aliphatic rings. The second-order valence-corrected chi connectivity index (χ2v) is 5.27. The van der Waals surface area contributed by atoms with E-state index in [-0.39, 0.29) is 12.5 Å². The highest BCUT2D eigenvalue weighted by Crippen LogP contribution is 2.18. The highest BCUT2D eigenvalue weighted by Gasteiger charge is 2.20. The van der Waals surface area contributed by atoms with E-state index in [1.54, 1.807) is 4.68 Å². The Kier molecular flexibility index (Phi) is 3.96. The third-order valence-electron chi connectivity index (χ3n) is 3.72. The summed E-state index contributed by atoms with van der Waals surface area (Å²) in [5, 5.41) is 11.0. The van der Waals surface area contributed by atoms with E-state index >= 15 is 0 Å². The molecule has 1 aliphatic heterocycles. The summed E-state index contributed by atoms with van der Waals surface area (Å²) in [6, 6.07) is 8.30. The summed E-state index contributed by atoms with van der Waals surface area (Å²) in [5.74, 6) is 0.0883. The van der Waals surface area contributed by atoms with Crippen LogP contribution in [0.4, 0.5) is 0 Å². The molecule has 0 atom stereocenters. The lowest BCUT2D eigenvalue weighted by Crippen LogP contribution is -2.38. The van der Waals surface area contributed by atoms with Crippen LogP contribution in [0.2, 0.25) is 0 Å². The van der Waals surface area contributed by atoms with Crippen molar-refractivity contribution in [2.45, 2.75) is 26.1 Å². The van der Waals surface area contributed by atoms with E-state index in [2.05, 4.69) is 33.8 Å². The number of nitrogens with zero attached hydrogens (tertiary/aromatic N) is 4. The molecule has 0 radical (unpaired) electrons. The van der Waals surface area contributed by atoms with Gasteiger partial charge >= 0.3 is 0 Å². The summed E-state index contributed by atoms with van der Waals surface area (Å²) < 4.78 is 1.61. The van der Waals surface area contributed by atoms with Crippen molar-refractivity contribution in [3.05, 3.63) is 47.3 Å². The molecule has 0 saturated heterocycles. The van der Waals surface area contributed by atoms with Crippen molar-refractivity contribution >= 4 is 5.91 Å². The summed E-state index contributed by atoms with van der Waals surface area (Å²) in [4.78, 5) is 14.3. The molecule has 1 aromatic carbocycles. The Bertz CT molecular complexity index is 636. The van der Waals surface area contributed by atoms with Crippen LogP contribution >= 0.6 is 0 Å². The average Bonchev–Trinajstić information content (AvgIpc) is 2.94. The van der Waals surface area contributed by atoms with E-state index < -0.39 is 0 Å². The minimum atomic E-state index is 0.0883. The SMILES string of the molecule is CNCc1cn(CC(=O)N2CCc3ccccc3C2)nn1. The first-order valence-electron chi connectivity index (χ1n) is 7.14. The summed E-state index contributed by atoms with van der Waals surface area (Å²) in [7, 11) is 1.86. The van der Waals surface area contributed by atoms with Gasteiger partial charge in [0.05, 0.1) is 11.9 Å². The molecular weight excluding hydrogens is 266 g/mol. The maximum Gasteiger partial charge on any atom is 0.244 e. The van der Waals surface area contributed by atoms with Crippen molar-refractivity contribution in [2.75, 3.05) is 13.6 Å². The van der Waals surface area contributed by atoms with E-state index in [0.29, 0.717) is 13.1 Å². The van der Waals surface area contributed by atoms with Gasteiger partial charge in [-0.05, 0) is 24.6 Å². The smallest absolute Gasteiger partial charge is 0.244 e. The standard InChI is InChI=1S/C15H19N5O/c1-16-8-14-10-20(18-17-14)11-15(21)19-7-6-12-4-2-3-5-13(12)9-19/h2-5,10,16H,6-9,11H2,1H3. The van der Waals surface area contributed by atoms with Crippen LogP contribution in [-0.4, -0.2) is 39.4 Å². The van der Waals surface area contributed by atoms with Crippen LogP contribution in [0.3, 0.4) is 0 Å². The summed E-state index contributed by atoms with van der Waals surface area (Å²) >= 11 is 0. The molecule has 2 aromatic rings. The monoisotopic (exact) mass is 285 g/mol. The Labute approximate surface area is 123 Å². The number of nitrogens with one attached hydrogen (secondary N) is 1. The van der Waals surface area contributed by atoms with Gasteiger partial charge in [-0.15, -0.1) is 5.10 Å². The van der Waals surface area contributed by atoms with E-state index in [1.165, 1.54) is 11.1 Å². The highest BCUT2D eigenvalue weighted by atomic mass is 16.2. The molecule has 0 fully saturated rings. The number of carbonyl (C=O) groups is 1. The third-order valence-corrected chi connectivity index (χ3v) is 3.72. The van der Waals surface area contributed by atoms with E-state index in [0.717, 1.165) is 18.7 Å². The molecular formula is C15H19N5O. The van der Waals surface area contributed by atoms with Crippen LogP contribution in [0.5, 0.6) is 0 Å². The Balaban J connectivity index is 1.63. The van der Waals surface area contributed by atoms with Crippen molar-refractivity contribution in [1.82, 2.24) is 25.2 Å². The quantitative estimate of drug-likeness (QED) is 0.892. The van der Waals surface area contributed by atoms with E-state index in [9.17, 15) is 4.79 Å². The molecule has 1 N–H and O–H groups in total. The van der Waals surface area contributed by atoms with E-state index in [4.69, 9.17) is 0 Å². The number of rotatable bonds is 4. The van der Waals surface area contributed by atoms with Gasteiger partial charge in [-0.25, -0.2) is 4.68 Å². The number of hydrogen-bond donors (Lipinski definition) is 1. The van der Waals surface area contributed by atoms with Crippen LogP contribution in [-0.2, 0) is 30.8 Å². The van der Waals surface area contributed by atoms with Crippen LogP contribution < -0.4 is 5.32 Å². The van der Waals surface area contributed by atoms with E-state index in [1.807, 2.05) is 24.2 Å². The van der Waals surface area contributed by atoms with Gasteiger partial charge in [-0.3, -0.25) is 4.79 Å². The second kappa shape index (κ2) is 6.05. The molecule has 6 nitrogen and oxygen atoms in total. The van der Waals surface area contributed by atoms with Crippen molar-refractivity contribution in [2.24, 2.45) is 0 Å².